The number of amides is 1. The van der Waals surface area contributed by atoms with Crippen LogP contribution in [-0.2, 0) is 11.3 Å². The van der Waals surface area contributed by atoms with E-state index in [2.05, 4.69) is 22.3 Å². The van der Waals surface area contributed by atoms with Gasteiger partial charge in [0.1, 0.15) is 11.2 Å². The summed E-state index contributed by atoms with van der Waals surface area (Å²) in [6, 6.07) is 5.77. The molecule has 0 radical (unpaired) electrons. The molecule has 2 aromatic heterocycles. The lowest BCUT2D eigenvalue weighted by molar-refractivity contribution is -0.121. The smallest absolute Gasteiger partial charge is 0.264 e. The molecule has 0 spiro atoms. The van der Waals surface area contributed by atoms with Crippen LogP contribution in [0.1, 0.15) is 26.2 Å². The van der Waals surface area contributed by atoms with Crippen molar-refractivity contribution in [1.82, 2.24) is 24.6 Å². The van der Waals surface area contributed by atoms with E-state index in [-0.39, 0.29) is 30.2 Å². The summed E-state index contributed by atoms with van der Waals surface area (Å²) >= 11 is 0. The molecule has 0 atom stereocenters. The Hall–Kier alpha value is -3.03. The highest BCUT2D eigenvalue weighted by atomic mass is 19.1. The summed E-state index contributed by atoms with van der Waals surface area (Å²) in [6.07, 6.45) is 5.00. The van der Waals surface area contributed by atoms with Crippen LogP contribution in [0.3, 0.4) is 0 Å². The summed E-state index contributed by atoms with van der Waals surface area (Å²) in [4.78, 5) is 28.7. The maximum atomic E-state index is 13.1. The second-order valence-electron chi connectivity index (χ2n) is 5.97. The molecular formula is C18H20FN5O2. The van der Waals surface area contributed by atoms with Crippen molar-refractivity contribution in [3.05, 3.63) is 53.0 Å². The van der Waals surface area contributed by atoms with E-state index in [1.54, 1.807) is 12.1 Å². The highest BCUT2D eigenvalue weighted by Crippen LogP contribution is 2.14. The molecule has 0 saturated heterocycles. The first-order valence-corrected chi connectivity index (χ1v) is 8.56. The van der Waals surface area contributed by atoms with Crippen LogP contribution in [0.2, 0.25) is 0 Å². The molecule has 7 nitrogen and oxygen atoms in total. The summed E-state index contributed by atoms with van der Waals surface area (Å²) in [5.41, 5.74) is 0.747. The summed E-state index contributed by atoms with van der Waals surface area (Å²) in [7, 11) is 0. The van der Waals surface area contributed by atoms with Crippen molar-refractivity contribution in [3.8, 4) is 5.69 Å². The van der Waals surface area contributed by atoms with Crippen molar-refractivity contribution in [2.45, 2.75) is 32.7 Å². The first-order valence-electron chi connectivity index (χ1n) is 8.56. The number of carbonyl (C=O) groups excluding carboxylic acids is 1. The van der Waals surface area contributed by atoms with Gasteiger partial charge in [-0.1, -0.05) is 13.3 Å². The van der Waals surface area contributed by atoms with E-state index >= 15 is 0 Å². The Labute approximate surface area is 149 Å². The fourth-order valence-corrected chi connectivity index (χ4v) is 2.59. The molecule has 0 aliphatic heterocycles. The molecule has 136 valence electrons. The third kappa shape index (κ3) is 3.79. The van der Waals surface area contributed by atoms with E-state index in [0.717, 1.165) is 12.8 Å². The average Bonchev–Trinajstić information content (AvgIpc) is 3.07. The van der Waals surface area contributed by atoms with Gasteiger partial charge in [-0.2, -0.15) is 5.10 Å². The van der Waals surface area contributed by atoms with Gasteiger partial charge in [0.15, 0.2) is 5.65 Å². The molecule has 3 aromatic rings. The first-order chi connectivity index (χ1) is 12.6. The van der Waals surface area contributed by atoms with Crippen molar-refractivity contribution in [3.63, 3.8) is 0 Å². The Morgan fingerprint density at radius 3 is 2.77 bits per heavy atom. The first kappa shape index (κ1) is 17.8. The van der Waals surface area contributed by atoms with E-state index in [4.69, 9.17) is 0 Å². The molecule has 0 saturated carbocycles. The normalized spacial score (nSPS) is 11.0. The number of nitrogens with one attached hydrogen (secondary N) is 1. The Morgan fingerprint density at radius 2 is 2.04 bits per heavy atom. The lowest BCUT2D eigenvalue weighted by Gasteiger charge is -2.07. The van der Waals surface area contributed by atoms with Gasteiger partial charge in [0.25, 0.3) is 5.56 Å². The van der Waals surface area contributed by atoms with Crippen LogP contribution in [0.15, 0.2) is 41.6 Å². The fourth-order valence-electron chi connectivity index (χ4n) is 2.59. The number of hydrogen-bond donors (Lipinski definition) is 1. The minimum Gasteiger partial charge on any atom is -0.356 e. The lowest BCUT2D eigenvalue weighted by atomic mass is 10.3. The number of halogens is 1. The van der Waals surface area contributed by atoms with Gasteiger partial charge in [0.05, 0.1) is 18.2 Å². The molecule has 0 aliphatic rings. The van der Waals surface area contributed by atoms with Crippen molar-refractivity contribution >= 4 is 16.9 Å². The van der Waals surface area contributed by atoms with Gasteiger partial charge in [-0.15, -0.1) is 0 Å². The summed E-state index contributed by atoms with van der Waals surface area (Å²) in [5, 5.41) is 7.35. The van der Waals surface area contributed by atoms with E-state index in [1.807, 2.05) is 0 Å². The number of fused-ring (bicyclic) bond motifs is 1. The van der Waals surface area contributed by atoms with Gasteiger partial charge in [-0.05, 0) is 30.7 Å². The Morgan fingerprint density at radius 1 is 1.27 bits per heavy atom. The molecule has 26 heavy (non-hydrogen) atoms. The molecule has 8 heteroatoms. The molecule has 2 heterocycles. The second kappa shape index (κ2) is 7.90. The van der Waals surface area contributed by atoms with Gasteiger partial charge in [0.2, 0.25) is 5.91 Å². The second-order valence-corrected chi connectivity index (χ2v) is 5.97. The van der Waals surface area contributed by atoms with E-state index < -0.39 is 0 Å². The van der Waals surface area contributed by atoms with Crippen LogP contribution < -0.4 is 10.9 Å². The number of benzene rings is 1. The molecule has 0 unspecified atom stereocenters. The fraction of sp³-hybridized carbons (Fsp3) is 0.333. The SMILES string of the molecule is CCCCNC(=O)CCn1cnc2c(cnn2-c2ccc(F)cc2)c1=O. The largest absolute Gasteiger partial charge is 0.356 e. The zero-order valence-corrected chi connectivity index (χ0v) is 14.5. The number of rotatable bonds is 7. The average molecular weight is 357 g/mol. The van der Waals surface area contributed by atoms with Crippen molar-refractivity contribution in [1.29, 1.82) is 0 Å². The van der Waals surface area contributed by atoms with E-state index in [9.17, 15) is 14.0 Å². The predicted molar refractivity (Wildman–Crippen MR) is 95.6 cm³/mol. The predicted octanol–water partition coefficient (Wildman–Crippen LogP) is 2.03. The van der Waals surface area contributed by atoms with Crippen LogP contribution in [0.4, 0.5) is 4.39 Å². The van der Waals surface area contributed by atoms with Crippen LogP contribution in [0.5, 0.6) is 0 Å². The van der Waals surface area contributed by atoms with E-state index in [1.165, 1.54) is 33.9 Å². The Balaban J connectivity index is 1.78. The molecule has 0 bridgehead atoms. The zero-order valence-electron chi connectivity index (χ0n) is 14.5. The summed E-state index contributed by atoms with van der Waals surface area (Å²) in [6.45, 7) is 2.95. The van der Waals surface area contributed by atoms with Crippen molar-refractivity contribution < 1.29 is 9.18 Å². The Kier molecular flexibility index (Phi) is 5.40. The molecule has 1 amide bonds. The van der Waals surface area contributed by atoms with Crippen molar-refractivity contribution in [2.75, 3.05) is 6.54 Å². The third-order valence-electron chi connectivity index (χ3n) is 4.06. The maximum absolute atomic E-state index is 13.1. The number of aryl methyl sites for hydroxylation is 1. The third-order valence-corrected chi connectivity index (χ3v) is 4.06. The highest BCUT2D eigenvalue weighted by Gasteiger charge is 2.12. The quantitative estimate of drug-likeness (QED) is 0.656. The zero-order chi connectivity index (χ0) is 18.5. The number of carbonyl (C=O) groups is 1. The monoisotopic (exact) mass is 357 g/mol. The molecule has 3 rings (SSSR count). The van der Waals surface area contributed by atoms with Gasteiger partial charge in [-0.25, -0.2) is 14.1 Å². The van der Waals surface area contributed by atoms with Crippen LogP contribution >= 0.6 is 0 Å². The number of aromatic nitrogens is 4. The molecule has 0 fully saturated rings. The molecule has 1 N–H and O–H groups in total. The van der Waals surface area contributed by atoms with Gasteiger partial charge in [-0.3, -0.25) is 14.2 Å². The van der Waals surface area contributed by atoms with E-state index in [0.29, 0.717) is 23.3 Å². The lowest BCUT2D eigenvalue weighted by Crippen LogP contribution is -2.28. The number of nitrogens with zero attached hydrogens (tertiary/aromatic N) is 4. The summed E-state index contributed by atoms with van der Waals surface area (Å²) in [5.74, 6) is -0.440. The molecule has 1 aromatic carbocycles. The van der Waals surface area contributed by atoms with Crippen LogP contribution in [-0.4, -0.2) is 31.8 Å². The van der Waals surface area contributed by atoms with Crippen LogP contribution in [0.25, 0.3) is 16.7 Å². The van der Waals surface area contributed by atoms with Gasteiger partial charge >= 0.3 is 0 Å². The minimum atomic E-state index is -0.349. The topological polar surface area (TPSA) is 81.8 Å². The molecule has 0 aliphatic carbocycles. The minimum absolute atomic E-state index is 0.0903. The highest BCUT2D eigenvalue weighted by molar-refractivity contribution is 5.76. The number of unbranched alkanes of at least 4 members (excludes halogenated alkanes) is 1. The van der Waals surface area contributed by atoms with Crippen molar-refractivity contribution in [2.24, 2.45) is 0 Å². The van der Waals surface area contributed by atoms with Gasteiger partial charge < -0.3 is 5.32 Å². The Bertz CT molecular complexity index is 962. The summed E-state index contributed by atoms with van der Waals surface area (Å²) < 4.78 is 16.0. The van der Waals surface area contributed by atoms with Gasteiger partial charge in [0, 0.05) is 19.5 Å². The maximum Gasteiger partial charge on any atom is 0.264 e. The van der Waals surface area contributed by atoms with Crippen LogP contribution in [0, 0.1) is 5.82 Å². The molecular weight excluding hydrogens is 337 g/mol. The number of hydrogen-bond acceptors (Lipinski definition) is 4. The standard InChI is InChI=1S/C18H20FN5O2/c1-2-3-9-20-16(25)8-10-23-12-21-17-15(18(23)26)11-22-24(17)14-6-4-13(19)5-7-14/h4-7,11-12H,2-3,8-10H2,1H3,(H,20,25).